The van der Waals surface area contributed by atoms with Crippen LogP contribution in [0.1, 0.15) is 30.9 Å². The van der Waals surface area contributed by atoms with E-state index in [1.165, 1.54) is 37.2 Å². The number of aliphatic imine (C=N–C) groups is 1. The van der Waals surface area contributed by atoms with E-state index in [1.54, 1.807) is 7.05 Å². The van der Waals surface area contributed by atoms with Crippen LogP contribution in [0.25, 0.3) is 0 Å². The Bertz CT molecular complexity index is 546. The van der Waals surface area contributed by atoms with Crippen LogP contribution >= 0.6 is 0 Å². The van der Waals surface area contributed by atoms with Crippen LogP contribution in [0.2, 0.25) is 0 Å². The van der Waals surface area contributed by atoms with E-state index in [9.17, 15) is 0 Å². The maximum absolute atomic E-state index is 5.35. The monoisotopic (exact) mass is 375 g/mol. The highest BCUT2D eigenvalue weighted by molar-refractivity contribution is 5.79. The van der Waals surface area contributed by atoms with Gasteiger partial charge < -0.3 is 20.3 Å². The Kier molecular flexibility index (Phi) is 10.2. The van der Waals surface area contributed by atoms with Gasteiger partial charge in [-0.05, 0) is 51.0 Å². The molecule has 2 rings (SSSR count). The average molecular weight is 376 g/mol. The Morgan fingerprint density at radius 2 is 1.85 bits per heavy atom. The molecule has 0 spiro atoms. The van der Waals surface area contributed by atoms with Crippen LogP contribution in [0, 0.1) is 0 Å². The Morgan fingerprint density at radius 1 is 1.07 bits per heavy atom. The van der Waals surface area contributed by atoms with Crippen molar-refractivity contribution in [2.45, 2.75) is 32.9 Å². The smallest absolute Gasteiger partial charge is 0.191 e. The Balaban J connectivity index is 1.71. The molecule has 6 heteroatoms. The fourth-order valence-electron chi connectivity index (χ4n) is 3.21. The highest BCUT2D eigenvalue weighted by Gasteiger charge is 2.12. The molecule has 1 aromatic rings. The van der Waals surface area contributed by atoms with Crippen LogP contribution in [0.3, 0.4) is 0 Å². The minimum absolute atomic E-state index is 0.776. The van der Waals surface area contributed by atoms with Gasteiger partial charge in [0, 0.05) is 53.0 Å². The second-order valence-electron chi connectivity index (χ2n) is 7.15. The zero-order valence-corrected chi connectivity index (χ0v) is 17.3. The first-order valence-electron chi connectivity index (χ1n) is 10.2. The van der Waals surface area contributed by atoms with Crippen LogP contribution in [0.4, 0.5) is 0 Å². The Hall–Kier alpha value is -1.63. The lowest BCUT2D eigenvalue weighted by Crippen LogP contribution is -2.37. The van der Waals surface area contributed by atoms with Gasteiger partial charge in [0.2, 0.25) is 0 Å². The van der Waals surface area contributed by atoms with Crippen LogP contribution in [-0.2, 0) is 17.8 Å². The van der Waals surface area contributed by atoms with Gasteiger partial charge in [-0.3, -0.25) is 9.89 Å². The molecule has 0 bridgehead atoms. The number of nitrogens with one attached hydrogen (secondary N) is 2. The molecule has 1 aromatic carbocycles. The molecule has 0 amide bonds. The van der Waals surface area contributed by atoms with Gasteiger partial charge in [0.05, 0.1) is 0 Å². The van der Waals surface area contributed by atoms with Gasteiger partial charge in [-0.1, -0.05) is 24.3 Å². The summed E-state index contributed by atoms with van der Waals surface area (Å²) in [4.78, 5) is 9.26. The molecule has 0 saturated carbocycles. The summed E-state index contributed by atoms with van der Waals surface area (Å²) in [6.45, 7) is 11.0. The fraction of sp³-hybridized carbons (Fsp3) is 0.667. The summed E-state index contributed by atoms with van der Waals surface area (Å²) in [5.74, 6) is 0.837. The van der Waals surface area contributed by atoms with Crippen molar-refractivity contribution >= 4 is 5.96 Å². The van der Waals surface area contributed by atoms with Crippen LogP contribution in [0.5, 0.6) is 0 Å². The molecule has 0 aromatic heterocycles. The molecule has 0 radical (unpaired) electrons. The molecule has 1 aliphatic heterocycles. The van der Waals surface area contributed by atoms with Gasteiger partial charge in [0.1, 0.15) is 0 Å². The number of rotatable bonds is 9. The van der Waals surface area contributed by atoms with Gasteiger partial charge in [0.15, 0.2) is 5.96 Å². The van der Waals surface area contributed by atoms with Gasteiger partial charge in [-0.25, -0.2) is 0 Å². The number of ether oxygens (including phenoxy) is 1. The largest absolute Gasteiger partial charge is 0.382 e. The van der Waals surface area contributed by atoms with E-state index in [-0.39, 0.29) is 0 Å². The summed E-state index contributed by atoms with van der Waals surface area (Å²) >= 11 is 0. The molecule has 1 heterocycles. The first-order valence-corrected chi connectivity index (χ1v) is 10.2. The van der Waals surface area contributed by atoms with Crippen molar-refractivity contribution in [2.24, 2.45) is 4.99 Å². The highest BCUT2D eigenvalue weighted by atomic mass is 16.5. The normalized spacial score (nSPS) is 16.9. The van der Waals surface area contributed by atoms with E-state index < -0.39 is 0 Å². The van der Waals surface area contributed by atoms with Crippen LogP contribution in [-0.4, -0.2) is 75.8 Å². The summed E-state index contributed by atoms with van der Waals surface area (Å²) in [5, 5.41) is 6.69. The quantitative estimate of drug-likeness (QED) is 0.392. The van der Waals surface area contributed by atoms with E-state index in [4.69, 9.17) is 4.74 Å². The molecular weight excluding hydrogens is 338 g/mol. The predicted molar refractivity (Wildman–Crippen MR) is 113 cm³/mol. The minimum Gasteiger partial charge on any atom is -0.382 e. The lowest BCUT2D eigenvalue weighted by Gasteiger charge is -2.20. The molecule has 2 N–H and O–H groups in total. The lowest BCUT2D eigenvalue weighted by atomic mass is 10.1. The number of nitrogens with zero attached hydrogens (tertiary/aromatic N) is 3. The highest BCUT2D eigenvalue weighted by Crippen LogP contribution is 2.10. The summed E-state index contributed by atoms with van der Waals surface area (Å²) in [6, 6.07) is 8.94. The van der Waals surface area contributed by atoms with Gasteiger partial charge in [-0.15, -0.1) is 0 Å². The van der Waals surface area contributed by atoms with E-state index in [1.807, 2.05) is 6.92 Å². The van der Waals surface area contributed by atoms with Crippen molar-refractivity contribution in [1.29, 1.82) is 0 Å². The first-order chi connectivity index (χ1) is 13.2. The van der Waals surface area contributed by atoms with Crippen molar-refractivity contribution in [3.8, 4) is 0 Å². The van der Waals surface area contributed by atoms with Crippen LogP contribution in [0.15, 0.2) is 29.3 Å². The summed E-state index contributed by atoms with van der Waals surface area (Å²) < 4.78 is 5.35. The Labute approximate surface area is 165 Å². The topological polar surface area (TPSA) is 52.1 Å². The van der Waals surface area contributed by atoms with Crippen LogP contribution < -0.4 is 10.6 Å². The molecule has 27 heavy (non-hydrogen) atoms. The minimum atomic E-state index is 0.776. The molecule has 1 saturated heterocycles. The SMILES string of the molecule is CCOCCCNC(=NC)NCc1ccc(CN2CCCN(C)CC2)cc1. The van der Waals surface area contributed by atoms with Crippen molar-refractivity contribution in [3.05, 3.63) is 35.4 Å². The van der Waals surface area contributed by atoms with Crippen molar-refractivity contribution < 1.29 is 4.74 Å². The molecule has 152 valence electrons. The number of hydrogen-bond donors (Lipinski definition) is 2. The molecule has 0 aliphatic carbocycles. The average Bonchev–Trinajstić information content (AvgIpc) is 2.89. The van der Waals surface area contributed by atoms with Gasteiger partial charge >= 0.3 is 0 Å². The summed E-state index contributed by atoms with van der Waals surface area (Å²) in [7, 11) is 4.02. The predicted octanol–water partition coefficient (Wildman–Crippen LogP) is 1.92. The van der Waals surface area contributed by atoms with E-state index in [0.29, 0.717) is 0 Å². The summed E-state index contributed by atoms with van der Waals surface area (Å²) in [6.07, 6.45) is 2.24. The third kappa shape index (κ3) is 8.73. The second kappa shape index (κ2) is 12.7. The number of hydrogen-bond acceptors (Lipinski definition) is 4. The van der Waals surface area contributed by atoms with Crippen molar-refractivity contribution in [2.75, 3.05) is 60.0 Å². The zero-order valence-electron chi connectivity index (χ0n) is 17.3. The van der Waals surface area contributed by atoms with Gasteiger partial charge in [0.25, 0.3) is 0 Å². The van der Waals surface area contributed by atoms with Crippen molar-refractivity contribution in [1.82, 2.24) is 20.4 Å². The third-order valence-electron chi connectivity index (χ3n) is 4.89. The Morgan fingerprint density at radius 3 is 2.59 bits per heavy atom. The van der Waals surface area contributed by atoms with E-state index in [2.05, 4.69) is 56.7 Å². The maximum atomic E-state index is 5.35. The number of benzene rings is 1. The molecule has 1 fully saturated rings. The molecule has 0 unspecified atom stereocenters. The number of likely N-dealkylation sites (N-methyl/N-ethyl adjacent to an activating group) is 1. The number of guanidine groups is 1. The van der Waals surface area contributed by atoms with Crippen molar-refractivity contribution in [3.63, 3.8) is 0 Å². The molecule has 6 nitrogen and oxygen atoms in total. The standard InChI is InChI=1S/C21H37N5O/c1-4-27-16-5-11-23-21(22-2)24-17-19-7-9-20(10-8-19)18-26-13-6-12-25(3)14-15-26/h7-10H,4-6,11-18H2,1-3H3,(H2,22,23,24). The molecular formula is C21H37N5O. The van der Waals surface area contributed by atoms with Gasteiger partial charge in [-0.2, -0.15) is 0 Å². The summed E-state index contributed by atoms with van der Waals surface area (Å²) in [5.41, 5.74) is 2.66. The maximum Gasteiger partial charge on any atom is 0.191 e. The zero-order chi connectivity index (χ0) is 19.3. The molecule has 1 aliphatic rings. The lowest BCUT2D eigenvalue weighted by molar-refractivity contribution is 0.145. The first kappa shape index (κ1) is 21.7. The molecule has 0 atom stereocenters. The van der Waals surface area contributed by atoms with E-state index >= 15 is 0 Å². The fourth-order valence-corrected chi connectivity index (χ4v) is 3.21. The third-order valence-corrected chi connectivity index (χ3v) is 4.89. The second-order valence-corrected chi connectivity index (χ2v) is 7.15. The van der Waals surface area contributed by atoms with E-state index in [0.717, 1.165) is 51.8 Å².